The quantitative estimate of drug-likeness (QED) is 0.738. The fourth-order valence-electron chi connectivity index (χ4n) is 1.27. The molecule has 1 nitrogen and oxygen atoms in total. The zero-order chi connectivity index (χ0) is 8.10. The van der Waals surface area contributed by atoms with Crippen LogP contribution >= 0.6 is 23.5 Å². The first-order valence-corrected chi connectivity index (χ1v) is 6.50. The molecule has 0 radical (unpaired) electrons. The van der Waals surface area contributed by atoms with Gasteiger partial charge in [-0.3, -0.25) is 0 Å². The Morgan fingerprint density at radius 1 is 1.55 bits per heavy atom. The van der Waals surface area contributed by atoms with E-state index >= 15 is 0 Å². The Balaban J connectivity index is 2.21. The van der Waals surface area contributed by atoms with Gasteiger partial charge in [-0.2, -0.15) is 23.5 Å². The Labute approximate surface area is 77.9 Å². The lowest BCUT2D eigenvalue weighted by molar-refractivity contribution is 0.600. The molecule has 11 heavy (non-hydrogen) atoms. The molecule has 0 saturated carbocycles. The highest BCUT2D eigenvalue weighted by Crippen LogP contribution is 2.26. The van der Waals surface area contributed by atoms with Crippen LogP contribution in [-0.2, 0) is 0 Å². The van der Waals surface area contributed by atoms with E-state index in [2.05, 4.69) is 30.4 Å². The van der Waals surface area contributed by atoms with Crippen molar-refractivity contribution in [2.75, 3.05) is 17.3 Å². The van der Waals surface area contributed by atoms with Crippen LogP contribution in [0.4, 0.5) is 0 Å². The van der Waals surface area contributed by atoms with E-state index in [0.29, 0.717) is 6.04 Å². The first-order chi connectivity index (χ1) is 5.34. The second kappa shape index (κ2) is 5.33. The monoisotopic (exact) mass is 191 g/mol. The van der Waals surface area contributed by atoms with E-state index in [1.807, 2.05) is 0 Å². The van der Waals surface area contributed by atoms with Crippen LogP contribution in [0.25, 0.3) is 0 Å². The maximum atomic E-state index is 6.02. The summed E-state index contributed by atoms with van der Waals surface area (Å²) in [4.78, 5) is 0. The van der Waals surface area contributed by atoms with Crippen molar-refractivity contribution < 1.29 is 0 Å². The Kier molecular flexibility index (Phi) is 4.72. The standard InChI is InChI=1S/C8H17NS2/c1-2-3-7(9)8-6-10-4-5-11-8/h7-8H,2-6,9H2,1H3/t7-,8?/m0/s1. The summed E-state index contributed by atoms with van der Waals surface area (Å²) >= 11 is 4.12. The van der Waals surface area contributed by atoms with Gasteiger partial charge in [0, 0.05) is 28.6 Å². The average molecular weight is 191 g/mol. The summed E-state index contributed by atoms with van der Waals surface area (Å²) < 4.78 is 0. The van der Waals surface area contributed by atoms with Gasteiger partial charge in [0.15, 0.2) is 0 Å². The second-order valence-electron chi connectivity index (χ2n) is 2.94. The van der Waals surface area contributed by atoms with Gasteiger partial charge in [0.25, 0.3) is 0 Å². The third-order valence-electron chi connectivity index (χ3n) is 1.94. The fourth-order valence-corrected chi connectivity index (χ4v) is 4.13. The molecule has 66 valence electrons. The van der Waals surface area contributed by atoms with Gasteiger partial charge < -0.3 is 5.73 Å². The summed E-state index contributed by atoms with van der Waals surface area (Å²) in [6, 6.07) is 0.442. The molecule has 0 aliphatic carbocycles. The van der Waals surface area contributed by atoms with Gasteiger partial charge in [-0.15, -0.1) is 0 Å². The lowest BCUT2D eigenvalue weighted by Crippen LogP contribution is -2.36. The molecule has 2 atom stereocenters. The van der Waals surface area contributed by atoms with Crippen LogP contribution in [-0.4, -0.2) is 28.6 Å². The number of rotatable bonds is 3. The van der Waals surface area contributed by atoms with Crippen molar-refractivity contribution in [3.05, 3.63) is 0 Å². The molecule has 1 rings (SSSR count). The van der Waals surface area contributed by atoms with Crippen LogP contribution in [0.3, 0.4) is 0 Å². The number of hydrogen-bond donors (Lipinski definition) is 1. The second-order valence-corrected chi connectivity index (χ2v) is 5.43. The van der Waals surface area contributed by atoms with E-state index in [4.69, 9.17) is 5.73 Å². The van der Waals surface area contributed by atoms with Crippen molar-refractivity contribution in [2.24, 2.45) is 5.73 Å². The zero-order valence-electron chi connectivity index (χ0n) is 7.08. The molecule has 3 heteroatoms. The molecule has 1 unspecified atom stereocenters. The van der Waals surface area contributed by atoms with Crippen LogP contribution in [0.15, 0.2) is 0 Å². The molecule has 1 fully saturated rings. The SMILES string of the molecule is CCC[C@H](N)C1CSCCS1. The molecule has 0 spiro atoms. The smallest absolute Gasteiger partial charge is 0.0289 e. The topological polar surface area (TPSA) is 26.0 Å². The van der Waals surface area contributed by atoms with Crippen LogP contribution in [0, 0.1) is 0 Å². The number of hydrogen-bond acceptors (Lipinski definition) is 3. The summed E-state index contributed by atoms with van der Waals surface area (Å²) in [6.45, 7) is 2.21. The van der Waals surface area contributed by atoms with Crippen LogP contribution in [0.2, 0.25) is 0 Å². The van der Waals surface area contributed by atoms with Crippen molar-refractivity contribution >= 4 is 23.5 Å². The largest absolute Gasteiger partial charge is 0.327 e. The number of nitrogens with two attached hydrogens (primary N) is 1. The Bertz CT molecular complexity index is 102. The third-order valence-corrected chi connectivity index (χ3v) is 4.88. The van der Waals surface area contributed by atoms with E-state index in [0.717, 1.165) is 5.25 Å². The van der Waals surface area contributed by atoms with Crippen LogP contribution in [0.1, 0.15) is 19.8 Å². The van der Waals surface area contributed by atoms with Gasteiger partial charge in [-0.05, 0) is 6.42 Å². The van der Waals surface area contributed by atoms with Crippen molar-refractivity contribution in [3.63, 3.8) is 0 Å². The van der Waals surface area contributed by atoms with Gasteiger partial charge in [0.1, 0.15) is 0 Å². The van der Waals surface area contributed by atoms with Gasteiger partial charge in [-0.25, -0.2) is 0 Å². The molecule has 0 aromatic heterocycles. The molecular formula is C8H17NS2. The summed E-state index contributed by atoms with van der Waals surface area (Å²) in [5.74, 6) is 3.89. The summed E-state index contributed by atoms with van der Waals surface area (Å²) in [6.07, 6.45) is 2.42. The van der Waals surface area contributed by atoms with E-state index in [1.54, 1.807) is 0 Å². The molecule has 1 heterocycles. The third kappa shape index (κ3) is 3.26. The van der Waals surface area contributed by atoms with E-state index in [9.17, 15) is 0 Å². The predicted molar refractivity (Wildman–Crippen MR) is 56.5 cm³/mol. The molecule has 2 N–H and O–H groups in total. The molecule has 0 aromatic rings. The van der Waals surface area contributed by atoms with Crippen molar-refractivity contribution in [1.29, 1.82) is 0 Å². The molecule has 0 bridgehead atoms. The summed E-state index contributed by atoms with van der Waals surface area (Å²) in [5.41, 5.74) is 6.02. The molecule has 1 aliphatic rings. The molecule has 1 saturated heterocycles. The Morgan fingerprint density at radius 2 is 2.36 bits per heavy atom. The molecule has 1 aliphatic heterocycles. The Morgan fingerprint density at radius 3 is 2.91 bits per heavy atom. The maximum Gasteiger partial charge on any atom is 0.0289 e. The molecule has 0 aromatic carbocycles. The van der Waals surface area contributed by atoms with E-state index < -0.39 is 0 Å². The molecule has 0 amide bonds. The zero-order valence-corrected chi connectivity index (χ0v) is 8.72. The minimum Gasteiger partial charge on any atom is -0.327 e. The van der Waals surface area contributed by atoms with Gasteiger partial charge in [0.2, 0.25) is 0 Å². The summed E-state index contributed by atoms with van der Waals surface area (Å²) in [5, 5.41) is 0.730. The van der Waals surface area contributed by atoms with Gasteiger partial charge in [0.05, 0.1) is 0 Å². The predicted octanol–water partition coefficient (Wildman–Crippen LogP) is 1.96. The highest BCUT2D eigenvalue weighted by molar-refractivity contribution is 8.06. The first-order valence-electron chi connectivity index (χ1n) is 4.29. The van der Waals surface area contributed by atoms with Crippen molar-refractivity contribution in [1.82, 2.24) is 0 Å². The van der Waals surface area contributed by atoms with Crippen LogP contribution in [0.5, 0.6) is 0 Å². The maximum absolute atomic E-state index is 6.02. The van der Waals surface area contributed by atoms with Gasteiger partial charge >= 0.3 is 0 Å². The Hall–Kier alpha value is 0.660. The van der Waals surface area contributed by atoms with Gasteiger partial charge in [-0.1, -0.05) is 13.3 Å². The minimum atomic E-state index is 0.442. The average Bonchev–Trinajstić information content (AvgIpc) is 2.07. The highest BCUT2D eigenvalue weighted by Gasteiger charge is 2.20. The molecular weight excluding hydrogens is 174 g/mol. The van der Waals surface area contributed by atoms with Crippen molar-refractivity contribution in [2.45, 2.75) is 31.1 Å². The lowest BCUT2D eigenvalue weighted by Gasteiger charge is -2.26. The normalized spacial score (nSPS) is 28.4. The lowest BCUT2D eigenvalue weighted by atomic mass is 10.1. The first kappa shape index (κ1) is 9.75. The van der Waals surface area contributed by atoms with Crippen LogP contribution < -0.4 is 5.73 Å². The van der Waals surface area contributed by atoms with Crippen molar-refractivity contribution in [3.8, 4) is 0 Å². The minimum absolute atomic E-state index is 0.442. The fraction of sp³-hybridized carbons (Fsp3) is 1.00. The van der Waals surface area contributed by atoms with E-state index in [-0.39, 0.29) is 0 Å². The van der Waals surface area contributed by atoms with E-state index in [1.165, 1.54) is 30.1 Å². The number of thioether (sulfide) groups is 2. The summed E-state index contributed by atoms with van der Waals surface area (Å²) in [7, 11) is 0. The highest BCUT2D eigenvalue weighted by atomic mass is 32.2.